The Kier molecular flexibility index (Phi) is 7.61. The molecule has 180 valence electrons. The Balaban J connectivity index is 1.80. The number of ether oxygens (including phenoxy) is 2. The van der Waals surface area contributed by atoms with Gasteiger partial charge in [0.25, 0.3) is 0 Å². The molecule has 2 aliphatic heterocycles. The molecule has 9 heteroatoms. The fourth-order valence-corrected chi connectivity index (χ4v) is 4.36. The second kappa shape index (κ2) is 10.2. The molecule has 0 saturated carbocycles. The van der Waals surface area contributed by atoms with Gasteiger partial charge in [-0.2, -0.15) is 0 Å². The molecule has 4 amide bonds. The zero-order valence-electron chi connectivity index (χ0n) is 19.7. The molecule has 1 N–H and O–H groups in total. The minimum atomic E-state index is -1.05. The van der Waals surface area contributed by atoms with Gasteiger partial charge in [-0.1, -0.05) is 30.3 Å². The topological polar surface area (TPSA) is 105 Å². The molecule has 0 aromatic heterocycles. The maximum Gasteiger partial charge on any atom is 0.407 e. The van der Waals surface area contributed by atoms with Gasteiger partial charge >= 0.3 is 18.1 Å². The number of alkyl carbamates (subject to hydrolysis) is 1. The normalized spacial score (nSPS) is 21.8. The highest BCUT2D eigenvalue weighted by Crippen LogP contribution is 2.29. The monoisotopic (exact) mass is 459 g/mol. The second-order valence-corrected chi connectivity index (χ2v) is 9.36. The van der Waals surface area contributed by atoms with Crippen molar-refractivity contribution in [2.24, 2.45) is 0 Å². The van der Waals surface area contributed by atoms with Crippen molar-refractivity contribution in [1.82, 2.24) is 15.1 Å². The first-order chi connectivity index (χ1) is 15.6. The molecule has 0 radical (unpaired) electrons. The zero-order valence-corrected chi connectivity index (χ0v) is 19.7. The number of rotatable bonds is 6. The van der Waals surface area contributed by atoms with Crippen LogP contribution in [0.2, 0.25) is 0 Å². The molecule has 0 bridgehead atoms. The Bertz CT molecular complexity index is 882. The third-order valence-electron chi connectivity index (χ3n) is 5.73. The predicted molar refractivity (Wildman–Crippen MR) is 120 cm³/mol. The van der Waals surface area contributed by atoms with Crippen LogP contribution in [0.1, 0.15) is 52.5 Å². The minimum Gasteiger partial charge on any atom is -0.464 e. The molecule has 0 spiro atoms. The SMILES string of the molecule is CCOC(=O)[C@@H](Cc1ccccc1)N1C(=O)C[C@@H]2[C@@H](NC(=O)OC(C)(C)C)CCCN2C1=O. The fourth-order valence-electron chi connectivity index (χ4n) is 4.36. The quantitative estimate of drug-likeness (QED) is 0.656. The van der Waals surface area contributed by atoms with E-state index in [4.69, 9.17) is 9.47 Å². The number of carbonyl (C=O) groups excluding carboxylic acids is 4. The van der Waals surface area contributed by atoms with Crippen molar-refractivity contribution in [1.29, 1.82) is 0 Å². The van der Waals surface area contributed by atoms with Gasteiger partial charge in [0, 0.05) is 19.4 Å². The Morgan fingerprint density at radius 2 is 1.88 bits per heavy atom. The molecular formula is C24H33N3O6. The summed E-state index contributed by atoms with van der Waals surface area (Å²) in [5.41, 5.74) is 0.166. The summed E-state index contributed by atoms with van der Waals surface area (Å²) in [6, 6.07) is 6.76. The van der Waals surface area contributed by atoms with Crippen LogP contribution in [0.4, 0.5) is 9.59 Å². The summed E-state index contributed by atoms with van der Waals surface area (Å²) >= 11 is 0. The Labute approximate surface area is 194 Å². The number of benzene rings is 1. The van der Waals surface area contributed by atoms with Gasteiger partial charge in [-0.25, -0.2) is 19.3 Å². The van der Waals surface area contributed by atoms with Crippen LogP contribution in [0.3, 0.4) is 0 Å². The van der Waals surface area contributed by atoms with Crippen molar-refractivity contribution < 1.29 is 28.7 Å². The lowest BCUT2D eigenvalue weighted by Gasteiger charge is -2.47. The summed E-state index contributed by atoms with van der Waals surface area (Å²) in [4.78, 5) is 54.4. The Morgan fingerprint density at radius 3 is 2.52 bits per heavy atom. The van der Waals surface area contributed by atoms with Crippen molar-refractivity contribution in [3.8, 4) is 0 Å². The summed E-state index contributed by atoms with van der Waals surface area (Å²) in [6.45, 7) is 7.59. The van der Waals surface area contributed by atoms with E-state index in [1.807, 2.05) is 30.3 Å². The van der Waals surface area contributed by atoms with Gasteiger partial charge in [0.2, 0.25) is 5.91 Å². The maximum absolute atomic E-state index is 13.4. The summed E-state index contributed by atoms with van der Waals surface area (Å²) in [7, 11) is 0. The first kappa shape index (κ1) is 24.5. The van der Waals surface area contributed by atoms with Crippen LogP contribution >= 0.6 is 0 Å². The number of nitrogens with zero attached hydrogens (tertiary/aromatic N) is 2. The standard InChI is InChI=1S/C24H33N3O6/c1-5-32-21(29)19(14-16-10-7-6-8-11-16)27-20(28)15-18-17(12-9-13-26(18)23(27)31)25-22(30)33-24(2,3)4/h6-8,10-11,17-19H,5,9,12-15H2,1-4H3,(H,25,30)/t17-,18+,19+/m0/s1. The van der Waals surface area contributed by atoms with E-state index in [-0.39, 0.29) is 19.4 Å². The second-order valence-electron chi connectivity index (χ2n) is 9.36. The summed E-state index contributed by atoms with van der Waals surface area (Å²) < 4.78 is 10.6. The number of hydrogen-bond acceptors (Lipinski definition) is 6. The molecule has 3 rings (SSSR count). The van der Waals surface area contributed by atoms with E-state index in [9.17, 15) is 19.2 Å². The van der Waals surface area contributed by atoms with Crippen LogP contribution in [-0.2, 0) is 25.5 Å². The highest BCUT2D eigenvalue weighted by atomic mass is 16.6. The zero-order chi connectivity index (χ0) is 24.2. The van der Waals surface area contributed by atoms with Crippen molar-refractivity contribution in [2.75, 3.05) is 13.2 Å². The third-order valence-corrected chi connectivity index (χ3v) is 5.73. The third kappa shape index (κ3) is 6.03. The number of amides is 4. The van der Waals surface area contributed by atoms with E-state index in [0.29, 0.717) is 19.4 Å². The number of esters is 1. The summed E-state index contributed by atoms with van der Waals surface area (Å²) in [6.07, 6.45) is 0.900. The van der Waals surface area contributed by atoms with Crippen LogP contribution in [0.25, 0.3) is 0 Å². The van der Waals surface area contributed by atoms with Gasteiger partial charge in [0.1, 0.15) is 11.6 Å². The van der Waals surface area contributed by atoms with Crippen LogP contribution in [0, 0.1) is 0 Å². The van der Waals surface area contributed by atoms with Crippen molar-refractivity contribution >= 4 is 24.0 Å². The molecule has 2 heterocycles. The largest absolute Gasteiger partial charge is 0.464 e. The molecule has 33 heavy (non-hydrogen) atoms. The number of piperidine rings is 1. The average Bonchev–Trinajstić information content (AvgIpc) is 2.73. The fraction of sp³-hybridized carbons (Fsp3) is 0.583. The first-order valence-electron chi connectivity index (χ1n) is 11.4. The van der Waals surface area contributed by atoms with Gasteiger partial charge in [0.05, 0.1) is 18.7 Å². The molecule has 9 nitrogen and oxygen atoms in total. The van der Waals surface area contributed by atoms with E-state index in [1.54, 1.807) is 32.6 Å². The first-order valence-corrected chi connectivity index (χ1v) is 11.4. The highest BCUT2D eigenvalue weighted by Gasteiger charge is 2.48. The van der Waals surface area contributed by atoms with E-state index >= 15 is 0 Å². The molecule has 2 saturated heterocycles. The lowest BCUT2D eigenvalue weighted by Crippen LogP contribution is -2.67. The van der Waals surface area contributed by atoms with Crippen molar-refractivity contribution in [3.63, 3.8) is 0 Å². The maximum atomic E-state index is 13.4. The van der Waals surface area contributed by atoms with Gasteiger partial charge in [-0.3, -0.25) is 4.79 Å². The summed E-state index contributed by atoms with van der Waals surface area (Å²) in [5, 5.41) is 2.83. The summed E-state index contributed by atoms with van der Waals surface area (Å²) in [5.74, 6) is -1.06. The number of fused-ring (bicyclic) bond motifs is 1. The van der Waals surface area contributed by atoms with Crippen LogP contribution in [-0.4, -0.2) is 70.7 Å². The molecular weight excluding hydrogens is 426 g/mol. The highest BCUT2D eigenvalue weighted by molar-refractivity contribution is 6.01. The molecule has 3 atom stereocenters. The van der Waals surface area contributed by atoms with Crippen LogP contribution in [0.5, 0.6) is 0 Å². The number of carbonyl (C=O) groups is 4. The van der Waals surface area contributed by atoms with E-state index in [2.05, 4.69) is 5.32 Å². The van der Waals surface area contributed by atoms with E-state index in [0.717, 1.165) is 10.5 Å². The smallest absolute Gasteiger partial charge is 0.407 e. The van der Waals surface area contributed by atoms with E-state index < -0.39 is 47.7 Å². The van der Waals surface area contributed by atoms with Gasteiger partial charge in [0.15, 0.2) is 0 Å². The number of hydrogen-bond donors (Lipinski definition) is 1. The van der Waals surface area contributed by atoms with Crippen LogP contribution in [0.15, 0.2) is 30.3 Å². The van der Waals surface area contributed by atoms with Crippen LogP contribution < -0.4 is 5.32 Å². The van der Waals surface area contributed by atoms with Gasteiger partial charge < -0.3 is 19.7 Å². The van der Waals surface area contributed by atoms with Gasteiger partial charge in [-0.05, 0) is 46.1 Å². The molecule has 2 aliphatic rings. The minimum absolute atomic E-state index is 0.0108. The Hall–Kier alpha value is -3.10. The number of nitrogens with one attached hydrogen (secondary N) is 1. The van der Waals surface area contributed by atoms with Gasteiger partial charge in [-0.15, -0.1) is 0 Å². The molecule has 2 fully saturated rings. The predicted octanol–water partition coefficient (Wildman–Crippen LogP) is 2.87. The Morgan fingerprint density at radius 1 is 1.18 bits per heavy atom. The number of imide groups is 1. The average molecular weight is 460 g/mol. The van der Waals surface area contributed by atoms with E-state index in [1.165, 1.54) is 0 Å². The lowest BCUT2D eigenvalue weighted by molar-refractivity contribution is -0.155. The van der Waals surface area contributed by atoms with Crippen molar-refractivity contribution in [2.45, 2.75) is 77.1 Å². The lowest BCUT2D eigenvalue weighted by atomic mass is 9.91. The molecule has 1 aromatic rings. The molecule has 0 aliphatic carbocycles. The molecule has 0 unspecified atom stereocenters. The molecule has 1 aromatic carbocycles. The van der Waals surface area contributed by atoms with Crippen molar-refractivity contribution in [3.05, 3.63) is 35.9 Å². The number of urea groups is 1.